The first-order chi connectivity index (χ1) is 27.2. The van der Waals surface area contributed by atoms with Crippen LogP contribution in [0.4, 0.5) is 0 Å². The lowest BCUT2D eigenvalue weighted by molar-refractivity contribution is -0.145. The van der Waals surface area contributed by atoms with Crippen molar-refractivity contribution in [1.29, 1.82) is 0 Å². The van der Waals surface area contributed by atoms with E-state index in [9.17, 15) is 9.59 Å². The highest BCUT2D eigenvalue weighted by Crippen LogP contribution is 2.73. The van der Waals surface area contributed by atoms with Crippen LogP contribution in [-0.4, -0.2) is 75.0 Å². The second-order valence-corrected chi connectivity index (χ2v) is 15.0. The molecule has 0 N–H and O–H groups in total. The zero-order valence-corrected chi connectivity index (χ0v) is 32.3. The number of ether oxygens (including phenoxy) is 4. The van der Waals surface area contributed by atoms with Crippen LogP contribution in [0.25, 0.3) is 11.1 Å². The molecule has 56 heavy (non-hydrogen) atoms. The minimum atomic E-state index is -1.13. The predicted octanol–water partition coefficient (Wildman–Crippen LogP) is 6.36. The Labute approximate surface area is 327 Å². The molecule has 0 spiro atoms. The number of hydrogen-bond acceptors (Lipinski definition) is 8. The first-order valence-electron chi connectivity index (χ1n) is 19.2. The van der Waals surface area contributed by atoms with Crippen LogP contribution in [0.1, 0.15) is 35.6 Å². The van der Waals surface area contributed by atoms with Gasteiger partial charge in [-0.25, -0.2) is 0 Å². The van der Waals surface area contributed by atoms with Gasteiger partial charge in [0.05, 0.1) is 52.1 Å². The predicted molar refractivity (Wildman–Crippen MR) is 210 cm³/mol. The quantitative estimate of drug-likeness (QED) is 0.145. The average Bonchev–Trinajstić information content (AvgIpc) is 3.66. The molecular weight excluding hydrogens is 709 g/mol. The summed E-state index contributed by atoms with van der Waals surface area (Å²) in [4.78, 5) is 62.8. The largest absolute Gasteiger partial charge is 0.493 e. The topological polar surface area (TPSA) is 112 Å². The van der Waals surface area contributed by atoms with Crippen molar-refractivity contribution in [2.75, 3.05) is 41.5 Å². The zero-order valence-electron chi connectivity index (χ0n) is 32.3. The monoisotopic (exact) mass is 754 g/mol. The smallest absolute Gasteiger partial charge is 0.234 e. The summed E-state index contributed by atoms with van der Waals surface area (Å²) in [5.41, 5.74) is 4.18. The van der Waals surface area contributed by atoms with Crippen molar-refractivity contribution in [2.24, 2.45) is 35.0 Å². The standard InChI is InChI=1S/C46H46N2O8/c1-6-46-39(30-15-11-8-12-16-30)35(29-13-9-7-10-14-29)36(37-40(46)44(51)47(42(37)49)23-21-27-17-19-31(53-2)33(25-27)55-4)38-41(46)45(52)48(43(38)50)24-22-28-18-20-32(54-3)34(26-28)56-5/h7-20,25-26,36-38,40-41H,6,21-24H2,1-5H3/t36?,37-,38-,40-,41+,46?/m1/s1. The van der Waals surface area contributed by atoms with Gasteiger partial charge in [0.15, 0.2) is 23.0 Å². The Kier molecular flexibility index (Phi) is 9.68. The number of benzene rings is 4. The maximum absolute atomic E-state index is 15.1. The highest BCUT2D eigenvalue weighted by Gasteiger charge is 2.77. The molecule has 2 bridgehead atoms. The van der Waals surface area contributed by atoms with Crippen molar-refractivity contribution in [3.8, 4) is 23.0 Å². The van der Waals surface area contributed by atoms with Crippen LogP contribution in [0.3, 0.4) is 0 Å². The first-order valence-corrected chi connectivity index (χ1v) is 19.2. The molecular formula is C46H46N2O8. The third-order valence-corrected chi connectivity index (χ3v) is 12.7. The van der Waals surface area contributed by atoms with E-state index in [1.165, 1.54) is 9.80 Å². The van der Waals surface area contributed by atoms with Crippen LogP contribution >= 0.6 is 0 Å². The zero-order chi connectivity index (χ0) is 39.3. The minimum Gasteiger partial charge on any atom is -0.493 e. The first kappa shape index (κ1) is 37.0. The summed E-state index contributed by atoms with van der Waals surface area (Å²) in [6.45, 7) is 2.31. The van der Waals surface area contributed by atoms with Crippen molar-refractivity contribution in [1.82, 2.24) is 9.80 Å². The van der Waals surface area contributed by atoms with Gasteiger partial charge in [0.2, 0.25) is 23.6 Å². The number of carbonyl (C=O) groups is 4. The molecule has 6 atom stereocenters. The SMILES string of the molecule is CCC12C(c3ccccc3)=C(c3ccccc3)C([C@H]3C(=O)N(CCc4ccc(OC)c(OC)c4)C(=O)[C@H]31)[C@H]1C(=O)N(CCc3ccc(OC)c(OC)c3)C(=O)[C@@H]12. The number of methoxy groups -OCH3 is 4. The summed E-state index contributed by atoms with van der Waals surface area (Å²) >= 11 is 0. The van der Waals surface area contributed by atoms with Crippen molar-refractivity contribution < 1.29 is 38.1 Å². The van der Waals surface area contributed by atoms with E-state index in [0.29, 0.717) is 42.3 Å². The van der Waals surface area contributed by atoms with Crippen molar-refractivity contribution in [2.45, 2.75) is 26.2 Å². The van der Waals surface area contributed by atoms with E-state index >= 15 is 9.59 Å². The summed E-state index contributed by atoms with van der Waals surface area (Å²) in [5, 5.41) is 0. The Hall–Kier alpha value is -5.90. The molecule has 2 aliphatic heterocycles. The molecule has 288 valence electrons. The number of hydrogen-bond donors (Lipinski definition) is 0. The van der Waals surface area contributed by atoms with Crippen molar-refractivity contribution in [3.63, 3.8) is 0 Å². The minimum absolute atomic E-state index is 0.155. The number of likely N-dealkylation sites (tertiary alicyclic amines) is 2. The Morgan fingerprint density at radius 3 is 1.36 bits per heavy atom. The number of rotatable bonds is 13. The molecule has 10 heteroatoms. The fraction of sp³-hybridized carbons (Fsp3) is 0.348. The lowest BCUT2D eigenvalue weighted by Gasteiger charge is -2.59. The highest BCUT2D eigenvalue weighted by atomic mass is 16.5. The molecule has 3 aliphatic carbocycles. The van der Waals surface area contributed by atoms with Crippen LogP contribution in [0, 0.1) is 35.0 Å². The van der Waals surface area contributed by atoms with Gasteiger partial charge in [0.25, 0.3) is 0 Å². The molecule has 9 rings (SSSR count). The van der Waals surface area contributed by atoms with Crippen LogP contribution in [0.2, 0.25) is 0 Å². The molecule has 4 aromatic rings. The number of nitrogens with zero attached hydrogens (tertiary/aromatic N) is 2. The van der Waals surface area contributed by atoms with E-state index in [2.05, 4.69) is 0 Å². The van der Waals surface area contributed by atoms with E-state index in [-0.39, 0.29) is 36.7 Å². The summed E-state index contributed by atoms with van der Waals surface area (Å²) in [6, 6.07) is 30.9. The van der Waals surface area contributed by atoms with E-state index < -0.39 is 35.0 Å². The molecule has 0 radical (unpaired) electrons. The third-order valence-electron chi connectivity index (χ3n) is 12.7. The van der Waals surface area contributed by atoms with Crippen molar-refractivity contribution in [3.05, 3.63) is 119 Å². The lowest BCUT2D eigenvalue weighted by Crippen LogP contribution is -2.60. The van der Waals surface area contributed by atoms with Crippen LogP contribution in [-0.2, 0) is 32.0 Å². The van der Waals surface area contributed by atoms with E-state index in [0.717, 1.165) is 33.4 Å². The molecule has 1 saturated carbocycles. The fourth-order valence-corrected chi connectivity index (χ4v) is 10.4. The van der Waals surface area contributed by atoms with Gasteiger partial charge in [-0.15, -0.1) is 0 Å². The van der Waals surface area contributed by atoms with Crippen LogP contribution in [0.15, 0.2) is 97.1 Å². The van der Waals surface area contributed by atoms with Gasteiger partial charge in [0, 0.05) is 24.4 Å². The molecule has 2 unspecified atom stereocenters. The number of allylic oxidation sites excluding steroid dienone is 2. The lowest BCUT2D eigenvalue weighted by atomic mass is 9.40. The molecule has 4 amide bonds. The Balaban J connectivity index is 1.24. The number of carbonyl (C=O) groups excluding carboxylic acids is 4. The number of amides is 4. The third kappa shape index (κ3) is 5.51. The van der Waals surface area contributed by atoms with Crippen LogP contribution in [0.5, 0.6) is 23.0 Å². The molecule has 3 fully saturated rings. The van der Waals surface area contributed by atoms with E-state index in [1.54, 1.807) is 28.4 Å². The number of imide groups is 2. The summed E-state index contributed by atoms with van der Waals surface area (Å²) in [5.74, 6) is -2.78. The molecule has 2 heterocycles. The normalized spacial score (nSPS) is 25.1. The maximum atomic E-state index is 15.1. The average molecular weight is 755 g/mol. The Bertz CT molecular complexity index is 2130. The highest BCUT2D eigenvalue weighted by molar-refractivity contribution is 6.17. The second-order valence-electron chi connectivity index (χ2n) is 15.0. The Morgan fingerprint density at radius 2 is 0.946 bits per heavy atom. The molecule has 4 aromatic carbocycles. The molecule has 2 saturated heterocycles. The van der Waals surface area contributed by atoms with E-state index in [4.69, 9.17) is 18.9 Å². The molecule has 5 aliphatic rings. The molecule has 0 aromatic heterocycles. The Morgan fingerprint density at radius 1 is 0.518 bits per heavy atom. The van der Waals surface area contributed by atoms with E-state index in [1.807, 2.05) is 104 Å². The van der Waals surface area contributed by atoms with Crippen molar-refractivity contribution >= 4 is 34.8 Å². The van der Waals surface area contributed by atoms with Gasteiger partial charge in [-0.1, -0.05) is 79.7 Å². The van der Waals surface area contributed by atoms with Gasteiger partial charge in [0.1, 0.15) is 0 Å². The van der Waals surface area contributed by atoms with Gasteiger partial charge >= 0.3 is 0 Å². The fourth-order valence-electron chi connectivity index (χ4n) is 10.4. The van der Waals surface area contributed by atoms with Gasteiger partial charge in [-0.05, 0) is 76.9 Å². The van der Waals surface area contributed by atoms with Gasteiger partial charge in [-0.2, -0.15) is 0 Å². The maximum Gasteiger partial charge on any atom is 0.234 e. The summed E-state index contributed by atoms with van der Waals surface area (Å²) < 4.78 is 21.9. The van der Waals surface area contributed by atoms with Gasteiger partial charge < -0.3 is 18.9 Å². The summed E-state index contributed by atoms with van der Waals surface area (Å²) in [7, 11) is 6.28. The molecule has 10 nitrogen and oxygen atoms in total. The van der Waals surface area contributed by atoms with Crippen LogP contribution < -0.4 is 18.9 Å². The summed E-state index contributed by atoms with van der Waals surface area (Å²) in [6.07, 6.45) is 1.19. The van der Waals surface area contributed by atoms with Gasteiger partial charge in [-0.3, -0.25) is 29.0 Å². The second kappa shape index (κ2) is 14.6.